The number of benzene rings is 1. The van der Waals surface area contributed by atoms with Gasteiger partial charge in [-0.1, -0.05) is 23.4 Å². The molecule has 1 aromatic carbocycles. The highest BCUT2D eigenvalue weighted by molar-refractivity contribution is 5.73. The molecule has 7 heteroatoms. The minimum absolute atomic E-state index is 0.0609. The number of nitrogens with zero attached hydrogens (tertiary/aromatic N) is 3. The number of hydrogen-bond acceptors (Lipinski definition) is 6. The van der Waals surface area contributed by atoms with Gasteiger partial charge in [0.15, 0.2) is 5.82 Å². The highest BCUT2D eigenvalue weighted by Crippen LogP contribution is 2.38. The van der Waals surface area contributed by atoms with Crippen molar-refractivity contribution < 1.29 is 9.45 Å². The summed E-state index contributed by atoms with van der Waals surface area (Å²) in [7, 11) is 0. The van der Waals surface area contributed by atoms with Crippen molar-refractivity contribution in [1.82, 2.24) is 15.5 Å². The Balaban J connectivity index is 2.12. The van der Waals surface area contributed by atoms with Crippen LogP contribution in [0.5, 0.6) is 0 Å². The smallest absolute Gasteiger partial charge is 0.269 e. The molecule has 0 saturated heterocycles. The van der Waals surface area contributed by atoms with Crippen LogP contribution in [0.15, 0.2) is 46.3 Å². The molecule has 0 aliphatic carbocycles. The van der Waals surface area contributed by atoms with Gasteiger partial charge in [-0.25, -0.2) is 0 Å². The fourth-order valence-corrected chi connectivity index (χ4v) is 2.77. The second-order valence-corrected chi connectivity index (χ2v) is 5.49. The van der Waals surface area contributed by atoms with Crippen molar-refractivity contribution in [3.8, 4) is 0 Å². The van der Waals surface area contributed by atoms with E-state index in [-0.39, 0.29) is 11.6 Å². The van der Waals surface area contributed by atoms with Crippen LogP contribution < -0.4 is 5.32 Å². The highest BCUT2D eigenvalue weighted by atomic mass is 16.6. The highest BCUT2D eigenvalue weighted by Gasteiger charge is 2.27. The molecular formula is C16H16N4O3. The molecule has 7 nitrogen and oxygen atoms in total. The Morgan fingerprint density at radius 2 is 2.09 bits per heavy atom. The van der Waals surface area contributed by atoms with E-state index in [0.29, 0.717) is 11.7 Å². The van der Waals surface area contributed by atoms with Gasteiger partial charge in [0.25, 0.3) is 11.6 Å². The second-order valence-electron chi connectivity index (χ2n) is 5.49. The predicted octanol–water partition coefficient (Wildman–Crippen LogP) is 3.31. The van der Waals surface area contributed by atoms with Crippen LogP contribution in [0, 0.1) is 17.0 Å². The van der Waals surface area contributed by atoms with Crippen molar-refractivity contribution in [2.24, 2.45) is 0 Å². The average Bonchev–Trinajstić information content (AvgIpc) is 2.92. The van der Waals surface area contributed by atoms with Crippen molar-refractivity contribution in [1.29, 1.82) is 0 Å². The van der Waals surface area contributed by atoms with Crippen molar-refractivity contribution >= 4 is 11.3 Å². The van der Waals surface area contributed by atoms with Crippen molar-refractivity contribution in [2.75, 3.05) is 0 Å². The zero-order valence-corrected chi connectivity index (χ0v) is 13.0. The van der Waals surface area contributed by atoms with E-state index in [1.165, 1.54) is 6.07 Å². The second kappa shape index (κ2) is 5.68. The molecule has 1 aromatic heterocycles. The molecule has 0 spiro atoms. The van der Waals surface area contributed by atoms with Gasteiger partial charge in [-0.2, -0.15) is 4.98 Å². The molecule has 0 saturated carbocycles. The van der Waals surface area contributed by atoms with Gasteiger partial charge in [-0.05, 0) is 26.3 Å². The first-order chi connectivity index (χ1) is 11.0. The standard InChI is InChI=1S/C16H16N4O3/c1-9-7-14(12-5-4-6-13(8-12)20(21)22)15(10(2)17-9)16-18-11(3)19-23-16/h4-8,14,17H,1-3H3. The fraction of sp³-hybridized carbons (Fsp3) is 0.250. The van der Waals surface area contributed by atoms with E-state index in [1.807, 2.05) is 26.0 Å². The van der Waals surface area contributed by atoms with Crippen LogP contribution in [0.25, 0.3) is 5.57 Å². The lowest BCUT2D eigenvalue weighted by Gasteiger charge is -2.24. The van der Waals surface area contributed by atoms with Crippen LogP contribution in [0.2, 0.25) is 0 Å². The summed E-state index contributed by atoms with van der Waals surface area (Å²) in [6.07, 6.45) is 2.00. The number of aryl methyl sites for hydroxylation is 1. The number of allylic oxidation sites excluding steroid dienone is 4. The molecule has 1 N–H and O–H groups in total. The first kappa shape index (κ1) is 15.0. The normalized spacial score (nSPS) is 17.7. The van der Waals surface area contributed by atoms with E-state index in [0.717, 1.165) is 22.5 Å². The minimum atomic E-state index is -0.395. The minimum Gasteiger partial charge on any atom is -0.363 e. The van der Waals surface area contributed by atoms with Crippen molar-refractivity contribution in [3.05, 3.63) is 69.1 Å². The number of rotatable bonds is 3. The van der Waals surface area contributed by atoms with Crippen molar-refractivity contribution in [2.45, 2.75) is 26.7 Å². The van der Waals surface area contributed by atoms with Crippen LogP contribution in [0.1, 0.15) is 37.0 Å². The van der Waals surface area contributed by atoms with Crippen LogP contribution in [0.3, 0.4) is 0 Å². The Bertz CT molecular complexity index is 835. The average molecular weight is 312 g/mol. The molecule has 118 valence electrons. The molecule has 1 aliphatic rings. The topological polar surface area (TPSA) is 94.1 Å². The molecular weight excluding hydrogens is 296 g/mol. The maximum absolute atomic E-state index is 11.0. The van der Waals surface area contributed by atoms with Crippen molar-refractivity contribution in [3.63, 3.8) is 0 Å². The van der Waals surface area contributed by atoms with E-state index in [2.05, 4.69) is 15.5 Å². The van der Waals surface area contributed by atoms with Gasteiger partial charge < -0.3 is 9.84 Å². The van der Waals surface area contributed by atoms with Crippen LogP contribution in [-0.4, -0.2) is 15.1 Å². The van der Waals surface area contributed by atoms with E-state index in [4.69, 9.17) is 4.52 Å². The number of hydrogen-bond donors (Lipinski definition) is 1. The van der Waals surface area contributed by atoms with E-state index >= 15 is 0 Å². The summed E-state index contributed by atoms with van der Waals surface area (Å²) in [4.78, 5) is 15.0. The lowest BCUT2D eigenvalue weighted by atomic mass is 9.86. The summed E-state index contributed by atoms with van der Waals surface area (Å²) in [5, 5.41) is 18.1. The number of aromatic nitrogens is 2. The Hall–Kier alpha value is -2.96. The van der Waals surface area contributed by atoms with Crippen LogP contribution >= 0.6 is 0 Å². The molecule has 2 aromatic rings. The molecule has 2 heterocycles. The third kappa shape index (κ3) is 2.85. The molecule has 0 fully saturated rings. The van der Waals surface area contributed by atoms with Gasteiger partial charge in [0.1, 0.15) is 0 Å². The third-order valence-corrected chi connectivity index (χ3v) is 3.71. The van der Waals surface area contributed by atoms with Crippen LogP contribution in [-0.2, 0) is 0 Å². The van der Waals surface area contributed by atoms with Gasteiger partial charge in [0, 0.05) is 35.0 Å². The molecule has 0 radical (unpaired) electrons. The maximum Gasteiger partial charge on any atom is 0.269 e. The van der Waals surface area contributed by atoms with Gasteiger partial charge >= 0.3 is 0 Å². The Kier molecular flexibility index (Phi) is 3.69. The number of dihydropyridines is 1. The maximum atomic E-state index is 11.0. The largest absolute Gasteiger partial charge is 0.363 e. The first-order valence-corrected chi connectivity index (χ1v) is 7.17. The Labute approximate surface area is 132 Å². The molecule has 1 atom stereocenters. The molecule has 1 unspecified atom stereocenters. The summed E-state index contributed by atoms with van der Waals surface area (Å²) >= 11 is 0. The number of nitro benzene ring substituents is 1. The van der Waals surface area contributed by atoms with Crippen LogP contribution in [0.4, 0.5) is 5.69 Å². The van der Waals surface area contributed by atoms with Gasteiger partial charge in [0.05, 0.1) is 4.92 Å². The summed E-state index contributed by atoms with van der Waals surface area (Å²) in [6.45, 7) is 5.63. The van der Waals surface area contributed by atoms with Gasteiger partial charge in [-0.3, -0.25) is 10.1 Å². The molecule has 23 heavy (non-hydrogen) atoms. The molecule has 0 bridgehead atoms. The van der Waals surface area contributed by atoms with E-state index in [9.17, 15) is 10.1 Å². The Morgan fingerprint density at radius 3 is 2.74 bits per heavy atom. The quantitative estimate of drug-likeness (QED) is 0.690. The lowest BCUT2D eigenvalue weighted by Crippen LogP contribution is -2.19. The number of non-ortho nitro benzene ring substituents is 1. The monoisotopic (exact) mass is 312 g/mol. The zero-order valence-electron chi connectivity index (χ0n) is 13.0. The third-order valence-electron chi connectivity index (χ3n) is 3.71. The summed E-state index contributed by atoms with van der Waals surface area (Å²) < 4.78 is 5.32. The van der Waals surface area contributed by atoms with E-state index in [1.54, 1.807) is 19.1 Å². The Morgan fingerprint density at radius 1 is 1.30 bits per heavy atom. The van der Waals surface area contributed by atoms with Gasteiger partial charge in [-0.15, -0.1) is 0 Å². The zero-order chi connectivity index (χ0) is 16.6. The van der Waals surface area contributed by atoms with Gasteiger partial charge in [0.2, 0.25) is 0 Å². The molecule has 1 aliphatic heterocycles. The fourth-order valence-electron chi connectivity index (χ4n) is 2.77. The first-order valence-electron chi connectivity index (χ1n) is 7.17. The summed E-state index contributed by atoms with van der Waals surface area (Å²) in [5.74, 6) is 0.785. The number of nitrogens with one attached hydrogen (secondary N) is 1. The lowest BCUT2D eigenvalue weighted by molar-refractivity contribution is -0.384. The van der Waals surface area contributed by atoms with E-state index < -0.39 is 4.92 Å². The summed E-state index contributed by atoms with van der Waals surface area (Å²) in [5.41, 5.74) is 3.57. The SMILES string of the molecule is CC1=CC(c2cccc([N+](=O)[O-])c2)C(c2nc(C)no2)=C(C)N1. The molecule has 0 amide bonds. The number of nitro groups is 1. The predicted molar refractivity (Wildman–Crippen MR) is 84.4 cm³/mol. The summed E-state index contributed by atoms with van der Waals surface area (Å²) in [6, 6.07) is 6.61. The molecule has 3 rings (SSSR count).